The normalized spacial score (nSPS) is 31.0. The Hall–Kier alpha value is -2.89. The average Bonchev–Trinajstić information content (AvgIpc) is 3.14. The van der Waals surface area contributed by atoms with Crippen molar-refractivity contribution in [1.29, 1.82) is 0 Å². The van der Waals surface area contributed by atoms with Crippen molar-refractivity contribution in [2.45, 2.75) is 160 Å². The number of nitrogens with two attached hydrogens (primary N) is 1. The zero-order valence-corrected chi connectivity index (χ0v) is 34.2. The van der Waals surface area contributed by atoms with Crippen molar-refractivity contribution in [1.82, 2.24) is 36.8 Å². The van der Waals surface area contributed by atoms with Crippen LogP contribution in [-0.4, -0.2) is 133 Å². The SMILES string of the molecule is CCCCCC[C@H]1OC[C@@H](C)NC(=O)[C@H](CNC(=O)CC2(O)CNC2)NC(=O)[C@H](CN)NC(=O)[C@H](C2CCCCC2)NC(O)[C@H](CC(C)C)N(C)C(=O)[C@@H]1C. The van der Waals surface area contributed by atoms with Crippen LogP contribution in [-0.2, 0) is 28.7 Å². The third-order valence-electron chi connectivity index (χ3n) is 11.3. The number of β-amino-alcohol motifs (C(OH)–C–C–N with tert-alkyl or cyclic N) is 1. The Bertz CT molecular complexity index is 1250. The van der Waals surface area contributed by atoms with Crippen LogP contribution in [0, 0.1) is 17.8 Å². The Morgan fingerprint density at radius 2 is 1.64 bits per heavy atom. The number of unbranched alkanes of at least 4 members (excludes halogenated alkanes) is 3. The first-order valence-electron chi connectivity index (χ1n) is 20.7. The van der Waals surface area contributed by atoms with Crippen LogP contribution >= 0.6 is 0 Å². The number of amides is 5. The number of carbonyl (C=O) groups excluding carboxylic acids is 5. The zero-order chi connectivity index (χ0) is 40.7. The number of hydrogen-bond donors (Lipinski definition) is 9. The standard InChI is InChI=1S/C39H72N8O8/c1-7-8-9-13-16-31-26(5)38(53)47(6)30(17-24(2)3)36(51)46-33(27-14-11-10-12-15-27)37(52)44-28(19-40)34(49)45-29(35(50)43-25(4)21-55-31)20-42-32(48)18-39(54)22-41-23-39/h24-31,33,36,41,46,51,54H,7-23,40H2,1-6H3,(H,42,48)(H,43,50)(H,44,52)(H,45,49)/t25-,26-,28+,29+,30+,31-,33+,36?/m1/s1. The third kappa shape index (κ3) is 14.5. The van der Waals surface area contributed by atoms with E-state index in [-0.39, 0.29) is 56.9 Å². The van der Waals surface area contributed by atoms with Crippen molar-refractivity contribution in [3.63, 3.8) is 0 Å². The van der Waals surface area contributed by atoms with E-state index in [4.69, 9.17) is 10.5 Å². The maximum absolute atomic E-state index is 14.2. The fourth-order valence-electron chi connectivity index (χ4n) is 7.81. The van der Waals surface area contributed by atoms with Gasteiger partial charge in [0, 0.05) is 39.3 Å². The van der Waals surface area contributed by atoms with Gasteiger partial charge in [-0.05, 0) is 44.4 Å². The summed E-state index contributed by atoms with van der Waals surface area (Å²) in [6.07, 6.45) is 7.41. The summed E-state index contributed by atoms with van der Waals surface area (Å²) in [5, 5.41) is 39.4. The summed E-state index contributed by atoms with van der Waals surface area (Å²) in [6, 6.07) is -4.61. The Labute approximate surface area is 327 Å². The minimum absolute atomic E-state index is 0.0722. The zero-order valence-electron chi connectivity index (χ0n) is 34.2. The predicted molar refractivity (Wildman–Crippen MR) is 209 cm³/mol. The Kier molecular flexibility index (Phi) is 19.2. The third-order valence-corrected chi connectivity index (χ3v) is 11.3. The summed E-state index contributed by atoms with van der Waals surface area (Å²) in [5.74, 6) is -3.14. The first-order valence-corrected chi connectivity index (χ1v) is 20.7. The van der Waals surface area contributed by atoms with Gasteiger partial charge in [-0.25, -0.2) is 0 Å². The Morgan fingerprint density at radius 1 is 0.982 bits per heavy atom. The van der Waals surface area contributed by atoms with Gasteiger partial charge in [0.1, 0.15) is 18.3 Å². The number of carbonyl (C=O) groups is 5. The first kappa shape index (κ1) is 46.5. The molecular formula is C39H72N8O8. The number of rotatable bonds is 13. The highest BCUT2D eigenvalue weighted by Gasteiger charge is 2.40. The summed E-state index contributed by atoms with van der Waals surface area (Å²) < 4.78 is 6.39. The summed E-state index contributed by atoms with van der Waals surface area (Å²) >= 11 is 0. The molecule has 0 aromatic rings. The molecule has 0 aromatic carbocycles. The number of hydrogen-bond acceptors (Lipinski definition) is 11. The summed E-state index contributed by atoms with van der Waals surface area (Å²) in [4.78, 5) is 70.2. The highest BCUT2D eigenvalue weighted by atomic mass is 16.5. The van der Waals surface area contributed by atoms with E-state index >= 15 is 0 Å². The molecule has 1 saturated carbocycles. The van der Waals surface area contributed by atoms with E-state index in [1.807, 2.05) is 20.8 Å². The van der Waals surface area contributed by atoms with Crippen molar-refractivity contribution in [2.75, 3.05) is 39.8 Å². The van der Waals surface area contributed by atoms with Gasteiger partial charge in [-0.15, -0.1) is 0 Å². The number of ether oxygens (including phenoxy) is 1. The Morgan fingerprint density at radius 3 is 2.24 bits per heavy atom. The number of likely N-dealkylation sites (N-methyl/N-ethyl adjacent to an activating group) is 1. The predicted octanol–water partition coefficient (Wildman–Crippen LogP) is -0.00470. The minimum Gasteiger partial charge on any atom is -0.387 e. The van der Waals surface area contributed by atoms with Gasteiger partial charge in [-0.1, -0.05) is 72.6 Å². The van der Waals surface area contributed by atoms with Gasteiger partial charge >= 0.3 is 0 Å². The molecule has 3 rings (SSSR count). The van der Waals surface area contributed by atoms with E-state index in [0.717, 1.165) is 57.8 Å². The molecular weight excluding hydrogens is 708 g/mol. The summed E-state index contributed by atoms with van der Waals surface area (Å²) in [5.41, 5.74) is 4.86. The van der Waals surface area contributed by atoms with Crippen LogP contribution in [0.15, 0.2) is 0 Å². The number of nitrogens with zero attached hydrogens (tertiary/aromatic N) is 1. The molecule has 16 nitrogen and oxygen atoms in total. The lowest BCUT2D eigenvalue weighted by Crippen LogP contribution is -2.63. The lowest BCUT2D eigenvalue weighted by molar-refractivity contribution is -0.146. The van der Waals surface area contributed by atoms with Gasteiger partial charge in [-0.3, -0.25) is 29.3 Å². The average molecular weight is 781 g/mol. The first-order chi connectivity index (χ1) is 26.1. The van der Waals surface area contributed by atoms with Crippen LogP contribution in [0.25, 0.3) is 0 Å². The molecule has 2 aliphatic heterocycles. The van der Waals surface area contributed by atoms with Crippen molar-refractivity contribution < 1.29 is 38.9 Å². The number of aliphatic hydroxyl groups is 2. The molecule has 0 radical (unpaired) electrons. The molecule has 10 N–H and O–H groups in total. The minimum atomic E-state index is -1.26. The molecule has 2 heterocycles. The molecule has 55 heavy (non-hydrogen) atoms. The van der Waals surface area contributed by atoms with E-state index in [2.05, 4.69) is 38.8 Å². The van der Waals surface area contributed by atoms with Gasteiger partial charge in [0.15, 0.2) is 0 Å². The van der Waals surface area contributed by atoms with Crippen molar-refractivity contribution in [2.24, 2.45) is 23.5 Å². The van der Waals surface area contributed by atoms with E-state index in [0.29, 0.717) is 12.8 Å². The van der Waals surface area contributed by atoms with E-state index in [1.54, 1.807) is 18.9 Å². The van der Waals surface area contributed by atoms with E-state index in [1.165, 1.54) is 0 Å². The van der Waals surface area contributed by atoms with Crippen LogP contribution in [0.1, 0.15) is 112 Å². The molecule has 0 bridgehead atoms. The molecule has 1 unspecified atom stereocenters. The molecule has 16 heteroatoms. The monoisotopic (exact) mass is 781 g/mol. The van der Waals surface area contributed by atoms with Crippen LogP contribution in [0.4, 0.5) is 0 Å². The molecule has 2 saturated heterocycles. The van der Waals surface area contributed by atoms with Gasteiger partial charge in [-0.2, -0.15) is 0 Å². The highest BCUT2D eigenvalue weighted by molar-refractivity contribution is 5.94. The molecule has 5 amide bonds. The van der Waals surface area contributed by atoms with Gasteiger partial charge in [0.2, 0.25) is 29.5 Å². The number of aliphatic hydroxyl groups excluding tert-OH is 1. The van der Waals surface area contributed by atoms with Gasteiger partial charge < -0.3 is 52.2 Å². The second-order valence-electron chi connectivity index (χ2n) is 16.7. The van der Waals surface area contributed by atoms with Crippen LogP contribution in [0.5, 0.6) is 0 Å². The second kappa shape index (κ2) is 22.7. The smallest absolute Gasteiger partial charge is 0.244 e. The maximum Gasteiger partial charge on any atom is 0.244 e. The highest BCUT2D eigenvalue weighted by Crippen LogP contribution is 2.28. The quantitative estimate of drug-likeness (QED) is 0.113. The Balaban J connectivity index is 1.98. The van der Waals surface area contributed by atoms with Gasteiger partial charge in [0.05, 0.1) is 42.7 Å². The molecule has 1 aliphatic carbocycles. The van der Waals surface area contributed by atoms with Crippen LogP contribution in [0.2, 0.25) is 0 Å². The molecule has 0 spiro atoms. The maximum atomic E-state index is 14.2. The molecule has 3 aliphatic rings. The molecule has 3 fully saturated rings. The van der Waals surface area contributed by atoms with E-state index in [9.17, 15) is 34.2 Å². The topological polar surface area (TPSA) is 236 Å². The fraction of sp³-hybridized carbons (Fsp3) is 0.872. The van der Waals surface area contributed by atoms with E-state index < -0.39 is 77.7 Å². The molecule has 316 valence electrons. The van der Waals surface area contributed by atoms with Crippen LogP contribution in [0.3, 0.4) is 0 Å². The summed E-state index contributed by atoms with van der Waals surface area (Å²) in [7, 11) is 1.68. The van der Waals surface area contributed by atoms with Crippen LogP contribution < -0.4 is 37.6 Å². The lowest BCUT2D eigenvalue weighted by Gasteiger charge is -2.39. The summed E-state index contributed by atoms with van der Waals surface area (Å²) in [6.45, 7) is 9.77. The largest absolute Gasteiger partial charge is 0.387 e. The molecule has 0 aromatic heterocycles. The van der Waals surface area contributed by atoms with Crippen molar-refractivity contribution >= 4 is 29.5 Å². The van der Waals surface area contributed by atoms with Crippen molar-refractivity contribution in [3.8, 4) is 0 Å². The number of nitrogens with one attached hydrogen (secondary N) is 6. The van der Waals surface area contributed by atoms with Crippen molar-refractivity contribution in [3.05, 3.63) is 0 Å². The molecule has 8 atom stereocenters. The fourth-order valence-corrected chi connectivity index (χ4v) is 7.81. The lowest BCUT2D eigenvalue weighted by atomic mass is 9.83. The van der Waals surface area contributed by atoms with Gasteiger partial charge in [0.25, 0.3) is 0 Å². The second-order valence-corrected chi connectivity index (χ2v) is 16.7.